The third kappa shape index (κ3) is 3.15. The van der Waals surface area contributed by atoms with Crippen molar-refractivity contribution in [3.63, 3.8) is 0 Å². The fourth-order valence-electron chi connectivity index (χ4n) is 2.71. The molecule has 0 aliphatic rings. The molecule has 0 saturated heterocycles. The lowest BCUT2D eigenvalue weighted by Gasteiger charge is -2.04. The summed E-state index contributed by atoms with van der Waals surface area (Å²) in [5.74, 6) is 0.608. The van der Waals surface area contributed by atoms with Gasteiger partial charge in [0.2, 0.25) is 0 Å². The zero-order valence-corrected chi connectivity index (χ0v) is 16.0. The summed E-state index contributed by atoms with van der Waals surface area (Å²) in [6, 6.07) is 12.3. The first-order valence-corrected chi connectivity index (χ1v) is 9.79. The van der Waals surface area contributed by atoms with E-state index in [0.717, 1.165) is 38.9 Å². The molecule has 0 bridgehead atoms. The minimum absolute atomic E-state index is 0.608. The van der Waals surface area contributed by atoms with Crippen LogP contribution in [-0.4, -0.2) is 24.2 Å². The molecule has 0 fully saturated rings. The molecule has 0 saturated carbocycles. The topological polar surface area (TPSA) is 56.0 Å². The van der Waals surface area contributed by atoms with Crippen molar-refractivity contribution in [2.24, 2.45) is 0 Å². The van der Waals surface area contributed by atoms with Crippen LogP contribution in [0, 0.1) is 13.8 Å². The number of rotatable bonds is 4. The SMILES string of the molecule is Cc1cc(C)c2c(-c3ccccc3)nc(SCc3nnsc3Cl)n2n1. The number of aromatic nitrogens is 5. The van der Waals surface area contributed by atoms with Gasteiger partial charge >= 0.3 is 0 Å². The molecule has 126 valence electrons. The van der Waals surface area contributed by atoms with Crippen LogP contribution >= 0.6 is 34.9 Å². The Morgan fingerprint density at radius 3 is 2.72 bits per heavy atom. The lowest BCUT2D eigenvalue weighted by molar-refractivity contribution is 0.792. The zero-order chi connectivity index (χ0) is 17.4. The summed E-state index contributed by atoms with van der Waals surface area (Å²) in [6.07, 6.45) is 0. The van der Waals surface area contributed by atoms with Gasteiger partial charge < -0.3 is 0 Å². The number of nitrogens with zero attached hydrogens (tertiary/aromatic N) is 5. The Kier molecular flexibility index (Phi) is 4.45. The number of hydrogen-bond donors (Lipinski definition) is 0. The maximum atomic E-state index is 6.11. The van der Waals surface area contributed by atoms with Gasteiger partial charge in [-0.1, -0.05) is 58.2 Å². The van der Waals surface area contributed by atoms with Crippen LogP contribution in [0.25, 0.3) is 16.8 Å². The molecule has 0 aliphatic carbocycles. The van der Waals surface area contributed by atoms with E-state index in [0.29, 0.717) is 10.1 Å². The van der Waals surface area contributed by atoms with Crippen LogP contribution in [-0.2, 0) is 5.75 Å². The normalized spacial score (nSPS) is 11.3. The van der Waals surface area contributed by atoms with Crippen LogP contribution in [0.15, 0.2) is 41.6 Å². The molecule has 0 spiro atoms. The van der Waals surface area contributed by atoms with Gasteiger partial charge in [-0.25, -0.2) is 9.50 Å². The first kappa shape index (κ1) is 16.5. The number of halogens is 1. The van der Waals surface area contributed by atoms with Gasteiger partial charge in [-0.15, -0.1) is 5.10 Å². The van der Waals surface area contributed by atoms with Crippen LogP contribution in [0.2, 0.25) is 4.34 Å². The summed E-state index contributed by atoms with van der Waals surface area (Å²) < 4.78 is 6.43. The summed E-state index contributed by atoms with van der Waals surface area (Å²) in [5.41, 5.74) is 5.93. The monoisotopic (exact) mass is 387 g/mol. The largest absolute Gasteiger partial charge is 0.220 e. The van der Waals surface area contributed by atoms with E-state index in [1.165, 1.54) is 11.5 Å². The van der Waals surface area contributed by atoms with Gasteiger partial charge in [0.05, 0.1) is 16.9 Å². The number of aryl methyl sites for hydroxylation is 2. The van der Waals surface area contributed by atoms with E-state index in [-0.39, 0.29) is 0 Å². The van der Waals surface area contributed by atoms with Gasteiger partial charge in [0.25, 0.3) is 0 Å². The molecule has 0 aliphatic heterocycles. The van der Waals surface area contributed by atoms with Crippen LogP contribution < -0.4 is 0 Å². The summed E-state index contributed by atoms with van der Waals surface area (Å²) >= 11 is 8.88. The predicted molar refractivity (Wildman–Crippen MR) is 102 cm³/mol. The van der Waals surface area contributed by atoms with E-state index in [2.05, 4.69) is 39.8 Å². The van der Waals surface area contributed by atoms with Crippen LogP contribution in [0.3, 0.4) is 0 Å². The average molecular weight is 388 g/mol. The molecule has 0 amide bonds. The highest BCUT2D eigenvalue weighted by molar-refractivity contribution is 7.98. The second-order valence-electron chi connectivity index (χ2n) is 5.62. The van der Waals surface area contributed by atoms with Gasteiger partial charge in [-0.3, -0.25) is 0 Å². The molecule has 1 aromatic carbocycles. The number of imidazole rings is 1. The Bertz CT molecular complexity index is 1040. The molecule has 3 heterocycles. The summed E-state index contributed by atoms with van der Waals surface area (Å²) in [7, 11) is 0. The van der Waals surface area contributed by atoms with Gasteiger partial charge in [0.1, 0.15) is 10.0 Å². The van der Waals surface area contributed by atoms with Gasteiger partial charge in [-0.2, -0.15) is 5.10 Å². The number of hydrogen-bond acceptors (Lipinski definition) is 6. The van der Waals surface area contributed by atoms with Crippen molar-refractivity contribution >= 4 is 40.4 Å². The van der Waals surface area contributed by atoms with Crippen LogP contribution in [0.4, 0.5) is 0 Å². The van der Waals surface area contributed by atoms with E-state index in [4.69, 9.17) is 16.6 Å². The molecule has 0 unspecified atom stereocenters. The number of thioether (sulfide) groups is 1. The molecular weight excluding hydrogens is 374 g/mol. The Morgan fingerprint density at radius 1 is 1.20 bits per heavy atom. The Labute approximate surface area is 158 Å². The highest BCUT2D eigenvalue weighted by Crippen LogP contribution is 2.33. The Hall–Kier alpha value is -1.96. The van der Waals surface area contributed by atoms with Crippen molar-refractivity contribution in [2.45, 2.75) is 24.8 Å². The number of fused-ring (bicyclic) bond motifs is 1. The highest BCUT2D eigenvalue weighted by Gasteiger charge is 2.17. The minimum atomic E-state index is 0.608. The second-order valence-corrected chi connectivity index (χ2v) is 7.92. The van der Waals surface area contributed by atoms with E-state index < -0.39 is 0 Å². The summed E-state index contributed by atoms with van der Waals surface area (Å²) in [5, 5.41) is 9.56. The fourth-order valence-corrected chi connectivity index (χ4v) is 4.39. The smallest absolute Gasteiger partial charge is 0.190 e. The van der Waals surface area contributed by atoms with Crippen molar-refractivity contribution in [2.75, 3.05) is 0 Å². The highest BCUT2D eigenvalue weighted by atomic mass is 35.5. The Balaban J connectivity index is 1.82. The van der Waals surface area contributed by atoms with Gasteiger partial charge in [0, 0.05) is 22.8 Å². The summed E-state index contributed by atoms with van der Waals surface area (Å²) in [4.78, 5) is 4.87. The van der Waals surface area contributed by atoms with Crippen molar-refractivity contribution in [3.05, 3.63) is 57.7 Å². The van der Waals surface area contributed by atoms with Crippen molar-refractivity contribution < 1.29 is 0 Å². The lowest BCUT2D eigenvalue weighted by atomic mass is 10.1. The molecule has 5 nitrogen and oxygen atoms in total. The zero-order valence-electron chi connectivity index (χ0n) is 13.6. The Morgan fingerprint density at radius 2 is 2.00 bits per heavy atom. The molecular formula is C17H14ClN5S2. The molecule has 0 N–H and O–H groups in total. The maximum Gasteiger partial charge on any atom is 0.190 e. The average Bonchev–Trinajstić information content (AvgIpc) is 3.17. The molecule has 25 heavy (non-hydrogen) atoms. The first-order chi connectivity index (χ1) is 12.1. The maximum absolute atomic E-state index is 6.11. The second kappa shape index (κ2) is 6.74. The molecule has 4 aromatic rings. The van der Waals surface area contributed by atoms with E-state index in [1.54, 1.807) is 11.8 Å². The third-order valence-corrected chi connectivity index (χ3v) is 5.70. The van der Waals surface area contributed by atoms with Crippen molar-refractivity contribution in [1.82, 2.24) is 24.2 Å². The minimum Gasteiger partial charge on any atom is -0.220 e. The summed E-state index contributed by atoms with van der Waals surface area (Å²) in [6.45, 7) is 4.08. The quantitative estimate of drug-likeness (QED) is 0.470. The lowest BCUT2D eigenvalue weighted by Crippen LogP contribution is -1.98. The van der Waals surface area contributed by atoms with Crippen molar-refractivity contribution in [1.29, 1.82) is 0 Å². The third-order valence-electron chi connectivity index (χ3n) is 3.78. The van der Waals surface area contributed by atoms with E-state index >= 15 is 0 Å². The van der Waals surface area contributed by atoms with Crippen molar-refractivity contribution in [3.8, 4) is 11.3 Å². The first-order valence-electron chi connectivity index (χ1n) is 7.65. The number of benzene rings is 1. The predicted octanol–water partition coefficient (Wildman–Crippen LogP) is 4.81. The molecule has 0 radical (unpaired) electrons. The van der Waals surface area contributed by atoms with E-state index in [9.17, 15) is 0 Å². The van der Waals surface area contributed by atoms with Gasteiger partial charge in [-0.05, 0) is 25.5 Å². The van der Waals surface area contributed by atoms with Gasteiger partial charge in [0.15, 0.2) is 5.16 Å². The molecule has 3 aromatic heterocycles. The molecule has 4 rings (SSSR count). The van der Waals surface area contributed by atoms with E-state index in [1.807, 2.05) is 29.6 Å². The van der Waals surface area contributed by atoms with Crippen LogP contribution in [0.1, 0.15) is 17.0 Å². The standard InChI is InChI=1S/C17H14ClN5S2/c1-10-8-11(2)21-23-15(10)14(12-6-4-3-5-7-12)19-17(23)24-9-13-16(18)25-22-20-13/h3-8H,9H2,1-2H3. The van der Waals surface area contributed by atoms with Crippen LogP contribution in [0.5, 0.6) is 0 Å². The molecule has 0 atom stereocenters. The molecule has 8 heteroatoms. The fraction of sp³-hybridized carbons (Fsp3) is 0.176.